The van der Waals surface area contributed by atoms with Crippen molar-refractivity contribution in [1.82, 2.24) is 25.2 Å². The first kappa shape index (κ1) is 24.8. The van der Waals surface area contributed by atoms with Crippen molar-refractivity contribution in [2.45, 2.75) is 39.7 Å². The first-order valence-corrected chi connectivity index (χ1v) is 10.1. The summed E-state index contributed by atoms with van der Waals surface area (Å²) >= 11 is 0. The lowest BCUT2D eigenvalue weighted by atomic mass is 9.84. The van der Waals surface area contributed by atoms with E-state index in [1.54, 1.807) is 18.3 Å². The van der Waals surface area contributed by atoms with E-state index in [2.05, 4.69) is 39.4 Å². The molecule has 0 atom stereocenters. The van der Waals surface area contributed by atoms with Gasteiger partial charge in [-0.25, -0.2) is 19.4 Å². The zero-order valence-corrected chi connectivity index (χ0v) is 20.7. The molecule has 1 aromatic carbocycles. The molecule has 8 heteroatoms. The van der Waals surface area contributed by atoms with Gasteiger partial charge in [0.2, 0.25) is 0 Å². The minimum atomic E-state index is -0.246. The van der Waals surface area contributed by atoms with Gasteiger partial charge in [-0.05, 0) is 43.2 Å². The zero-order chi connectivity index (χ0) is 21.6. The van der Waals surface area contributed by atoms with Crippen LogP contribution in [-0.4, -0.2) is 33.6 Å². The number of rotatable bonds is 7. The molecule has 0 spiro atoms. The molecule has 0 saturated heterocycles. The molecule has 0 radical (unpaired) electrons. The minimum absolute atomic E-state index is 0. The summed E-state index contributed by atoms with van der Waals surface area (Å²) in [6, 6.07) is 10.7. The Hall–Kier alpha value is -2.49. The van der Waals surface area contributed by atoms with Crippen LogP contribution in [0.1, 0.15) is 37.7 Å². The van der Waals surface area contributed by atoms with Gasteiger partial charge in [0.1, 0.15) is 17.5 Å². The van der Waals surface area contributed by atoms with Crippen LogP contribution < -0.4 is 10.6 Å². The van der Waals surface area contributed by atoms with E-state index >= 15 is 0 Å². The molecular formula is C23H30FIN6. The number of benzene rings is 1. The molecule has 0 bridgehead atoms. The molecule has 0 amide bonds. The van der Waals surface area contributed by atoms with E-state index in [0.717, 1.165) is 35.3 Å². The molecule has 0 saturated carbocycles. The Bertz CT molecular complexity index is 997. The molecule has 3 rings (SSSR count). The van der Waals surface area contributed by atoms with Crippen molar-refractivity contribution in [2.75, 3.05) is 13.1 Å². The summed E-state index contributed by atoms with van der Waals surface area (Å²) in [7, 11) is 0. The number of halogens is 2. The second kappa shape index (κ2) is 11.2. The molecule has 0 aliphatic carbocycles. The zero-order valence-electron chi connectivity index (χ0n) is 18.4. The van der Waals surface area contributed by atoms with E-state index in [1.807, 2.05) is 49.0 Å². The summed E-state index contributed by atoms with van der Waals surface area (Å²) in [6.07, 6.45) is 5.48. The van der Waals surface area contributed by atoms with Gasteiger partial charge < -0.3 is 10.6 Å². The number of aliphatic imine (C=N–C) groups is 1. The maximum absolute atomic E-state index is 13.6. The van der Waals surface area contributed by atoms with Gasteiger partial charge in [-0.2, -0.15) is 0 Å². The van der Waals surface area contributed by atoms with Gasteiger partial charge in [0.05, 0.1) is 6.54 Å². The molecule has 0 fully saturated rings. The van der Waals surface area contributed by atoms with Crippen molar-refractivity contribution in [3.8, 4) is 5.82 Å². The number of guanidine groups is 1. The lowest BCUT2D eigenvalue weighted by Gasteiger charge is -2.27. The third-order valence-corrected chi connectivity index (χ3v) is 4.95. The van der Waals surface area contributed by atoms with Crippen LogP contribution in [0.2, 0.25) is 0 Å². The third-order valence-electron chi connectivity index (χ3n) is 4.95. The topological polar surface area (TPSA) is 67.1 Å². The summed E-state index contributed by atoms with van der Waals surface area (Å²) in [5, 5.41) is 6.64. The fraction of sp³-hybridized carbons (Fsp3) is 0.348. The standard InChI is InChI=1S/C23H29FN6.HI/c1-5-25-22(29-16-23(3,4)19-7-6-8-20(24)13-19)28-15-18-9-10-21(27-14-18)30-12-11-26-17(30)2;/h6-14H,5,15-16H2,1-4H3,(H2,25,28,29);1H. The lowest BCUT2D eigenvalue weighted by molar-refractivity contribution is 0.503. The number of nitrogens with zero attached hydrogens (tertiary/aromatic N) is 4. The van der Waals surface area contributed by atoms with Crippen LogP contribution in [-0.2, 0) is 12.0 Å². The lowest BCUT2D eigenvalue weighted by Crippen LogP contribution is -2.43. The Morgan fingerprint density at radius 3 is 2.58 bits per heavy atom. The molecule has 31 heavy (non-hydrogen) atoms. The van der Waals surface area contributed by atoms with Gasteiger partial charge in [-0.15, -0.1) is 24.0 Å². The minimum Gasteiger partial charge on any atom is -0.357 e. The van der Waals surface area contributed by atoms with E-state index in [0.29, 0.717) is 13.1 Å². The number of aromatic nitrogens is 3. The van der Waals surface area contributed by atoms with Crippen LogP contribution >= 0.6 is 24.0 Å². The van der Waals surface area contributed by atoms with Crippen molar-refractivity contribution in [3.63, 3.8) is 0 Å². The average Bonchev–Trinajstić information content (AvgIpc) is 3.16. The summed E-state index contributed by atoms with van der Waals surface area (Å²) in [5.41, 5.74) is 1.71. The number of hydrogen-bond acceptors (Lipinski definition) is 3. The smallest absolute Gasteiger partial charge is 0.191 e. The van der Waals surface area contributed by atoms with Gasteiger partial charge >= 0.3 is 0 Å². The molecule has 166 valence electrons. The maximum Gasteiger partial charge on any atom is 0.191 e. The van der Waals surface area contributed by atoms with E-state index in [4.69, 9.17) is 0 Å². The van der Waals surface area contributed by atoms with Gasteiger partial charge in [-0.1, -0.05) is 32.0 Å². The number of nitrogens with one attached hydrogen (secondary N) is 2. The molecule has 2 aromatic heterocycles. The molecular weight excluding hydrogens is 506 g/mol. The van der Waals surface area contributed by atoms with Crippen LogP contribution in [0.3, 0.4) is 0 Å². The van der Waals surface area contributed by atoms with Crippen molar-refractivity contribution in [2.24, 2.45) is 4.99 Å². The van der Waals surface area contributed by atoms with E-state index < -0.39 is 0 Å². The summed E-state index contributed by atoms with van der Waals surface area (Å²) in [4.78, 5) is 13.4. The van der Waals surface area contributed by atoms with Crippen LogP contribution in [0.5, 0.6) is 0 Å². The Labute approximate surface area is 200 Å². The highest BCUT2D eigenvalue weighted by Gasteiger charge is 2.21. The van der Waals surface area contributed by atoms with Crippen LogP contribution in [0.25, 0.3) is 5.82 Å². The molecule has 3 aromatic rings. The SMILES string of the molecule is CCNC(=NCc1ccc(-n2ccnc2C)nc1)NCC(C)(C)c1cccc(F)c1.I. The number of pyridine rings is 1. The second-order valence-corrected chi connectivity index (χ2v) is 7.81. The first-order valence-electron chi connectivity index (χ1n) is 10.1. The predicted octanol–water partition coefficient (Wildman–Crippen LogP) is 4.37. The summed E-state index contributed by atoms with van der Waals surface area (Å²) in [6.45, 7) is 10.0. The highest BCUT2D eigenvalue weighted by molar-refractivity contribution is 14.0. The Balaban J connectivity index is 0.00000341. The Kier molecular flexibility index (Phi) is 8.97. The average molecular weight is 536 g/mol. The molecule has 2 heterocycles. The number of imidazole rings is 1. The van der Waals surface area contributed by atoms with Crippen molar-refractivity contribution in [3.05, 3.63) is 77.8 Å². The molecule has 6 nitrogen and oxygen atoms in total. The normalized spacial score (nSPS) is 11.7. The highest BCUT2D eigenvalue weighted by Crippen LogP contribution is 2.22. The van der Waals surface area contributed by atoms with Crippen LogP contribution in [0.4, 0.5) is 4.39 Å². The van der Waals surface area contributed by atoms with Crippen molar-refractivity contribution >= 4 is 29.9 Å². The van der Waals surface area contributed by atoms with E-state index in [-0.39, 0.29) is 35.2 Å². The van der Waals surface area contributed by atoms with Gasteiger partial charge in [0.25, 0.3) is 0 Å². The number of hydrogen-bond donors (Lipinski definition) is 2. The largest absolute Gasteiger partial charge is 0.357 e. The fourth-order valence-electron chi connectivity index (χ4n) is 3.10. The number of aryl methyl sites for hydroxylation is 1. The monoisotopic (exact) mass is 536 g/mol. The summed E-state index contributed by atoms with van der Waals surface area (Å²) in [5.74, 6) is 2.23. The van der Waals surface area contributed by atoms with Crippen LogP contribution in [0.15, 0.2) is 60.0 Å². The molecule has 0 aliphatic rings. The van der Waals surface area contributed by atoms with Crippen molar-refractivity contribution in [1.29, 1.82) is 0 Å². The van der Waals surface area contributed by atoms with Gasteiger partial charge in [-0.3, -0.25) is 4.57 Å². The predicted molar refractivity (Wildman–Crippen MR) is 134 cm³/mol. The van der Waals surface area contributed by atoms with Crippen molar-refractivity contribution < 1.29 is 4.39 Å². The van der Waals surface area contributed by atoms with Gasteiger partial charge in [0.15, 0.2) is 5.96 Å². The maximum atomic E-state index is 13.6. The first-order chi connectivity index (χ1) is 14.4. The molecule has 0 aliphatic heterocycles. The van der Waals surface area contributed by atoms with E-state index in [1.165, 1.54) is 6.07 Å². The Morgan fingerprint density at radius 2 is 1.97 bits per heavy atom. The van der Waals surface area contributed by atoms with Crippen LogP contribution in [0, 0.1) is 12.7 Å². The second-order valence-electron chi connectivity index (χ2n) is 7.81. The highest BCUT2D eigenvalue weighted by atomic mass is 127. The quantitative estimate of drug-likeness (QED) is 0.268. The Morgan fingerprint density at radius 1 is 1.16 bits per heavy atom. The fourth-order valence-corrected chi connectivity index (χ4v) is 3.10. The van der Waals surface area contributed by atoms with E-state index in [9.17, 15) is 4.39 Å². The third kappa shape index (κ3) is 6.75. The molecule has 2 N–H and O–H groups in total. The molecule has 0 unspecified atom stereocenters. The van der Waals surface area contributed by atoms with Gasteiger partial charge in [0, 0.05) is 37.1 Å². The summed E-state index contributed by atoms with van der Waals surface area (Å²) < 4.78 is 15.5.